The molecule has 1 aliphatic rings. The van der Waals surface area contributed by atoms with Crippen LogP contribution in [0.3, 0.4) is 0 Å². The van der Waals surface area contributed by atoms with E-state index in [2.05, 4.69) is 15.4 Å². The van der Waals surface area contributed by atoms with E-state index in [0.29, 0.717) is 12.5 Å². The van der Waals surface area contributed by atoms with Crippen LogP contribution in [0, 0.1) is 16.0 Å². The molecule has 1 saturated heterocycles. The van der Waals surface area contributed by atoms with Crippen LogP contribution < -0.4 is 5.32 Å². The van der Waals surface area contributed by atoms with E-state index in [-0.39, 0.29) is 5.95 Å². The molecule has 2 heterocycles. The summed E-state index contributed by atoms with van der Waals surface area (Å²) >= 11 is 0. The number of nitrogens with one attached hydrogen (secondary N) is 1. The number of hydrogen-bond donors (Lipinski definition) is 1. The predicted molar refractivity (Wildman–Crippen MR) is 43.0 cm³/mol. The summed E-state index contributed by atoms with van der Waals surface area (Å²) in [6.07, 6.45) is 1.40. The molecule has 0 unspecified atom stereocenters. The molecule has 1 aromatic heterocycles. The Morgan fingerprint density at radius 2 is 2.54 bits per heavy atom. The van der Waals surface area contributed by atoms with Gasteiger partial charge in [0.2, 0.25) is 6.33 Å². The van der Waals surface area contributed by atoms with Crippen LogP contribution in [0.1, 0.15) is 0 Å². The Morgan fingerprint density at radius 1 is 1.77 bits per heavy atom. The third-order valence-electron chi connectivity index (χ3n) is 2.00. The van der Waals surface area contributed by atoms with Gasteiger partial charge in [-0.05, 0) is 4.92 Å². The summed E-state index contributed by atoms with van der Waals surface area (Å²) in [5.41, 5.74) is 0. The second-order valence-corrected chi connectivity index (χ2v) is 3.05. The highest BCUT2D eigenvalue weighted by Gasteiger charge is 2.20. The fourth-order valence-electron chi connectivity index (χ4n) is 1.20. The standard InChI is InChI=1S/C6H9N5O2/c12-11(13)6-8-4-10(9-6)3-5-1-7-2-5/h4-5,7H,1-3H2. The first kappa shape index (κ1) is 8.11. The summed E-state index contributed by atoms with van der Waals surface area (Å²) in [4.78, 5) is 13.2. The smallest absolute Gasteiger partial charge is 0.390 e. The van der Waals surface area contributed by atoms with Crippen LogP contribution in [0.4, 0.5) is 5.95 Å². The van der Waals surface area contributed by atoms with Gasteiger partial charge in [-0.2, -0.15) is 4.68 Å². The Labute approximate surface area is 73.9 Å². The van der Waals surface area contributed by atoms with Crippen LogP contribution in [0.15, 0.2) is 6.33 Å². The predicted octanol–water partition coefficient (Wildman–Crippen LogP) is -0.594. The number of hydrogen-bond acceptors (Lipinski definition) is 5. The average Bonchev–Trinajstić information content (AvgIpc) is 2.44. The first-order valence-corrected chi connectivity index (χ1v) is 4.00. The van der Waals surface area contributed by atoms with Crippen molar-refractivity contribution in [3.63, 3.8) is 0 Å². The van der Waals surface area contributed by atoms with E-state index in [4.69, 9.17) is 0 Å². The quantitative estimate of drug-likeness (QED) is 0.499. The van der Waals surface area contributed by atoms with Crippen LogP contribution in [0.2, 0.25) is 0 Å². The van der Waals surface area contributed by atoms with Gasteiger partial charge < -0.3 is 15.4 Å². The van der Waals surface area contributed by atoms with E-state index in [1.54, 1.807) is 0 Å². The van der Waals surface area contributed by atoms with Crippen molar-refractivity contribution < 1.29 is 4.92 Å². The van der Waals surface area contributed by atoms with Gasteiger partial charge in [0.25, 0.3) is 0 Å². The molecule has 0 atom stereocenters. The van der Waals surface area contributed by atoms with Crippen molar-refractivity contribution in [3.8, 4) is 0 Å². The molecular weight excluding hydrogens is 174 g/mol. The summed E-state index contributed by atoms with van der Waals surface area (Å²) in [5.74, 6) is 0.202. The fraction of sp³-hybridized carbons (Fsp3) is 0.667. The van der Waals surface area contributed by atoms with Crippen molar-refractivity contribution in [1.29, 1.82) is 0 Å². The zero-order valence-corrected chi connectivity index (χ0v) is 6.88. The SMILES string of the molecule is O=[N+]([O-])c1ncn(CC2CNC2)n1. The molecule has 0 amide bonds. The molecule has 0 aromatic carbocycles. The third kappa shape index (κ3) is 1.64. The van der Waals surface area contributed by atoms with Crippen molar-refractivity contribution >= 4 is 5.95 Å². The van der Waals surface area contributed by atoms with Gasteiger partial charge in [0.15, 0.2) is 0 Å². The third-order valence-corrected chi connectivity index (χ3v) is 2.00. The van der Waals surface area contributed by atoms with Crippen LogP contribution in [0.25, 0.3) is 0 Å². The Balaban J connectivity index is 2.00. The molecule has 2 rings (SSSR count). The molecule has 1 N–H and O–H groups in total. The van der Waals surface area contributed by atoms with E-state index in [9.17, 15) is 10.1 Å². The second kappa shape index (κ2) is 3.09. The summed E-state index contributed by atoms with van der Waals surface area (Å²) in [6.45, 7) is 2.61. The van der Waals surface area contributed by atoms with Gasteiger partial charge in [0.05, 0.1) is 6.54 Å². The minimum Gasteiger partial charge on any atom is -0.390 e. The zero-order chi connectivity index (χ0) is 9.26. The number of nitrogens with zero attached hydrogens (tertiary/aromatic N) is 4. The largest absolute Gasteiger partial charge is 0.490 e. The maximum atomic E-state index is 10.2. The minimum absolute atomic E-state index is 0.327. The average molecular weight is 183 g/mol. The van der Waals surface area contributed by atoms with Gasteiger partial charge in [0, 0.05) is 24.1 Å². The molecule has 70 valence electrons. The van der Waals surface area contributed by atoms with E-state index >= 15 is 0 Å². The van der Waals surface area contributed by atoms with Gasteiger partial charge in [-0.25, -0.2) is 0 Å². The summed E-state index contributed by atoms with van der Waals surface area (Å²) in [5, 5.41) is 17.1. The lowest BCUT2D eigenvalue weighted by atomic mass is 10.0. The van der Waals surface area contributed by atoms with Crippen LogP contribution in [-0.2, 0) is 6.54 Å². The van der Waals surface area contributed by atoms with Crippen LogP contribution >= 0.6 is 0 Å². The van der Waals surface area contributed by atoms with Crippen molar-refractivity contribution in [2.75, 3.05) is 13.1 Å². The molecule has 7 nitrogen and oxygen atoms in total. The number of nitro groups is 1. The van der Waals surface area contributed by atoms with Crippen molar-refractivity contribution in [2.24, 2.45) is 5.92 Å². The van der Waals surface area contributed by atoms with Gasteiger partial charge in [-0.1, -0.05) is 4.98 Å². The molecule has 0 spiro atoms. The molecular formula is C6H9N5O2. The molecule has 7 heteroatoms. The van der Waals surface area contributed by atoms with Gasteiger partial charge in [-0.3, -0.25) is 0 Å². The second-order valence-electron chi connectivity index (χ2n) is 3.05. The van der Waals surface area contributed by atoms with Crippen molar-refractivity contribution in [1.82, 2.24) is 20.1 Å². The summed E-state index contributed by atoms with van der Waals surface area (Å²) < 4.78 is 1.52. The Hall–Kier alpha value is -1.50. The minimum atomic E-state index is -0.588. The van der Waals surface area contributed by atoms with Crippen molar-refractivity contribution in [2.45, 2.75) is 6.54 Å². The molecule has 1 fully saturated rings. The zero-order valence-electron chi connectivity index (χ0n) is 6.88. The van der Waals surface area contributed by atoms with Gasteiger partial charge in [0.1, 0.15) is 0 Å². The molecule has 0 bridgehead atoms. The molecule has 1 aromatic rings. The van der Waals surface area contributed by atoms with E-state index in [1.807, 2.05) is 0 Å². The maximum absolute atomic E-state index is 10.2. The van der Waals surface area contributed by atoms with Crippen LogP contribution in [0.5, 0.6) is 0 Å². The van der Waals surface area contributed by atoms with Crippen LogP contribution in [-0.4, -0.2) is 32.8 Å². The van der Waals surface area contributed by atoms with Gasteiger partial charge in [-0.15, -0.1) is 0 Å². The van der Waals surface area contributed by atoms with Gasteiger partial charge >= 0.3 is 5.95 Å². The Kier molecular flexibility index (Phi) is 1.93. The van der Waals surface area contributed by atoms with E-state index < -0.39 is 4.92 Å². The summed E-state index contributed by atoms with van der Waals surface area (Å²) in [6, 6.07) is 0. The number of rotatable bonds is 3. The maximum Gasteiger partial charge on any atom is 0.490 e. The lowest BCUT2D eigenvalue weighted by molar-refractivity contribution is -0.394. The fourth-order valence-corrected chi connectivity index (χ4v) is 1.20. The molecule has 0 aliphatic carbocycles. The lowest BCUT2D eigenvalue weighted by Gasteiger charge is -2.25. The topological polar surface area (TPSA) is 85.9 Å². The first-order valence-electron chi connectivity index (χ1n) is 4.00. The van der Waals surface area contributed by atoms with Crippen molar-refractivity contribution in [3.05, 3.63) is 16.4 Å². The monoisotopic (exact) mass is 183 g/mol. The highest BCUT2D eigenvalue weighted by Crippen LogP contribution is 2.07. The lowest BCUT2D eigenvalue weighted by Crippen LogP contribution is -2.44. The Bertz CT molecular complexity index is 319. The Morgan fingerprint density at radius 3 is 3.00 bits per heavy atom. The first-order chi connectivity index (χ1) is 6.25. The van der Waals surface area contributed by atoms with E-state index in [1.165, 1.54) is 11.0 Å². The normalized spacial score (nSPS) is 16.9. The molecule has 0 radical (unpaired) electrons. The highest BCUT2D eigenvalue weighted by molar-refractivity contribution is 4.97. The highest BCUT2D eigenvalue weighted by atomic mass is 16.6. The molecule has 0 saturated carbocycles. The summed E-state index contributed by atoms with van der Waals surface area (Å²) in [7, 11) is 0. The molecule has 13 heavy (non-hydrogen) atoms. The molecule has 1 aliphatic heterocycles. The van der Waals surface area contributed by atoms with E-state index in [0.717, 1.165) is 13.1 Å². The number of aromatic nitrogens is 3.